The van der Waals surface area contributed by atoms with Crippen LogP contribution in [0, 0.1) is 5.21 Å². The van der Waals surface area contributed by atoms with Gasteiger partial charge in [0, 0.05) is 13.1 Å². The van der Waals surface area contributed by atoms with Crippen molar-refractivity contribution in [3.63, 3.8) is 0 Å². The van der Waals surface area contributed by atoms with E-state index < -0.39 is 30.4 Å². The summed E-state index contributed by atoms with van der Waals surface area (Å²) in [6, 6.07) is 0. The van der Waals surface area contributed by atoms with Crippen molar-refractivity contribution in [3.8, 4) is 0 Å². The van der Waals surface area contributed by atoms with Crippen molar-refractivity contribution >= 4 is 49.7 Å². The largest absolute Gasteiger partial charge is 0.569 e. The van der Waals surface area contributed by atoms with Gasteiger partial charge in [-0.3, -0.25) is 9.59 Å². The number of cyclic esters (lactones) is 1. The summed E-state index contributed by atoms with van der Waals surface area (Å²) < 4.78 is 11.2. The third kappa shape index (κ3) is 7.47. The normalized spacial score (nSPS) is 17.6. The minimum absolute atomic E-state index is 0.236. The Hall–Kier alpha value is -2.15. The molecule has 0 aromatic rings. The van der Waals surface area contributed by atoms with E-state index >= 15 is 0 Å². The highest BCUT2D eigenvalue weighted by atomic mass is 79.9. The van der Waals surface area contributed by atoms with E-state index in [2.05, 4.69) is 42.0 Å². The van der Waals surface area contributed by atoms with E-state index in [9.17, 15) is 19.6 Å². The monoisotopic (exact) mass is 580 g/mol. The van der Waals surface area contributed by atoms with E-state index in [0.29, 0.717) is 20.5 Å². The Bertz CT molecular complexity index is 803. The second-order valence-corrected chi connectivity index (χ2v) is 9.77. The summed E-state index contributed by atoms with van der Waals surface area (Å²) in [6.45, 7) is 3.07. The molecule has 2 rings (SSSR count). The van der Waals surface area contributed by atoms with Crippen molar-refractivity contribution in [2.24, 2.45) is 5.28 Å². The Balaban J connectivity index is 1.96. The second-order valence-electron chi connectivity index (χ2n) is 7.12. The van der Waals surface area contributed by atoms with Crippen LogP contribution in [0.1, 0.15) is 39.0 Å². The standard InChI is InChI=1S/C19H26Br2N4O7/c1-3-4-5-6-14(13-11-15(18(20)21)32-19(13)28)31-17(27)12-16(26)23-7-9-24(10-8-23)25(29)22-30-2/h11,14H,3-10,12H2,1-2H3/b25-22-. The molecular formula is C19H26Br2N4O7. The first kappa shape index (κ1) is 26.1. The van der Waals surface area contributed by atoms with E-state index in [0.717, 1.165) is 19.3 Å². The third-order valence-corrected chi connectivity index (χ3v) is 5.68. The molecule has 0 spiro atoms. The molecule has 0 bridgehead atoms. The Kier molecular flexibility index (Phi) is 10.4. The number of rotatable bonds is 10. The van der Waals surface area contributed by atoms with Gasteiger partial charge < -0.3 is 24.4 Å². The smallest absolute Gasteiger partial charge is 0.343 e. The van der Waals surface area contributed by atoms with Gasteiger partial charge in [0.15, 0.2) is 5.76 Å². The third-order valence-electron chi connectivity index (χ3n) is 4.90. The van der Waals surface area contributed by atoms with Gasteiger partial charge in [-0.1, -0.05) is 19.8 Å². The van der Waals surface area contributed by atoms with Gasteiger partial charge in [0.1, 0.15) is 23.0 Å². The number of nitrogens with zero attached hydrogens (tertiary/aromatic N) is 4. The van der Waals surface area contributed by atoms with Crippen LogP contribution < -0.4 is 0 Å². The summed E-state index contributed by atoms with van der Waals surface area (Å²) in [5.41, 5.74) is 0.236. The van der Waals surface area contributed by atoms with E-state index in [1.807, 2.05) is 6.92 Å². The number of allylic oxidation sites excluding steroid dienone is 1. The predicted octanol–water partition coefficient (Wildman–Crippen LogP) is 2.89. The van der Waals surface area contributed by atoms with Crippen LogP contribution in [0.5, 0.6) is 0 Å². The fourth-order valence-electron chi connectivity index (χ4n) is 3.24. The molecule has 1 unspecified atom stereocenters. The van der Waals surface area contributed by atoms with Crippen LogP contribution in [0.2, 0.25) is 0 Å². The second kappa shape index (κ2) is 12.8. The van der Waals surface area contributed by atoms with E-state index in [4.69, 9.17) is 9.47 Å². The highest BCUT2D eigenvalue weighted by molar-refractivity contribution is 9.28. The molecule has 1 atom stereocenters. The SMILES string of the molecule is CCCCCC(OC(=O)CC(=O)N1CCN(/[N+]([O-])=N/OC)CC1)C1=CC(=C(Br)Br)OC1=O. The number of unbranched alkanes of at least 4 members (excludes halogenated alkanes) is 2. The summed E-state index contributed by atoms with van der Waals surface area (Å²) in [4.78, 5) is 43.5. The van der Waals surface area contributed by atoms with Crippen molar-refractivity contribution < 1.29 is 33.7 Å². The first-order valence-electron chi connectivity index (χ1n) is 10.2. The summed E-state index contributed by atoms with van der Waals surface area (Å²) in [5.74, 6) is -1.42. The van der Waals surface area contributed by atoms with Crippen LogP contribution in [-0.2, 0) is 28.7 Å². The Labute approximate surface area is 202 Å². The molecular weight excluding hydrogens is 556 g/mol. The summed E-state index contributed by atoms with van der Waals surface area (Å²) in [7, 11) is 1.27. The lowest BCUT2D eigenvalue weighted by atomic mass is 10.0. The molecule has 0 aromatic carbocycles. The molecule has 0 aliphatic carbocycles. The minimum atomic E-state index is -0.798. The number of amides is 1. The van der Waals surface area contributed by atoms with Crippen LogP contribution in [0.3, 0.4) is 0 Å². The maximum absolute atomic E-state index is 12.5. The summed E-state index contributed by atoms with van der Waals surface area (Å²) in [5, 5.41) is 16.3. The maximum atomic E-state index is 12.5. The van der Waals surface area contributed by atoms with Gasteiger partial charge in [0.05, 0.1) is 23.6 Å². The highest BCUT2D eigenvalue weighted by Crippen LogP contribution is 2.31. The van der Waals surface area contributed by atoms with Crippen molar-refractivity contribution in [3.05, 3.63) is 26.0 Å². The van der Waals surface area contributed by atoms with Crippen LogP contribution in [0.15, 0.2) is 26.1 Å². The zero-order chi connectivity index (χ0) is 23.7. The van der Waals surface area contributed by atoms with Crippen LogP contribution in [-0.4, -0.2) is 72.1 Å². The first-order chi connectivity index (χ1) is 15.3. The highest BCUT2D eigenvalue weighted by Gasteiger charge is 2.33. The molecule has 2 heterocycles. The summed E-state index contributed by atoms with van der Waals surface area (Å²) in [6.07, 6.45) is 3.34. The summed E-state index contributed by atoms with van der Waals surface area (Å²) >= 11 is 6.39. The minimum Gasteiger partial charge on any atom is -0.569 e. The number of ether oxygens (including phenoxy) is 2. The lowest BCUT2D eigenvalue weighted by Gasteiger charge is -2.31. The van der Waals surface area contributed by atoms with E-state index in [-0.39, 0.29) is 31.8 Å². The fraction of sp³-hybridized carbons (Fsp3) is 0.632. The Morgan fingerprint density at radius 3 is 2.53 bits per heavy atom. The molecule has 11 nitrogen and oxygen atoms in total. The molecule has 1 saturated heterocycles. The van der Waals surface area contributed by atoms with Crippen molar-refractivity contribution in [2.45, 2.75) is 45.1 Å². The van der Waals surface area contributed by atoms with Crippen LogP contribution in [0.25, 0.3) is 0 Å². The van der Waals surface area contributed by atoms with E-state index in [1.165, 1.54) is 23.1 Å². The first-order valence-corrected chi connectivity index (χ1v) is 11.8. The van der Waals surface area contributed by atoms with Gasteiger partial charge in [-0.05, 0) is 50.8 Å². The number of hydrazine groups is 1. The molecule has 0 N–H and O–H groups in total. The average molecular weight is 582 g/mol. The van der Waals surface area contributed by atoms with E-state index in [1.54, 1.807) is 0 Å². The number of esters is 2. The molecule has 1 amide bonds. The molecule has 0 aromatic heterocycles. The van der Waals surface area contributed by atoms with Crippen molar-refractivity contribution in [2.75, 3.05) is 33.3 Å². The van der Waals surface area contributed by atoms with Crippen LogP contribution >= 0.6 is 31.9 Å². The molecule has 13 heteroatoms. The Morgan fingerprint density at radius 1 is 1.28 bits per heavy atom. The molecule has 32 heavy (non-hydrogen) atoms. The molecule has 178 valence electrons. The quantitative estimate of drug-likeness (QED) is 0.0963. The number of halogens is 2. The van der Waals surface area contributed by atoms with Gasteiger partial charge in [0.2, 0.25) is 11.2 Å². The molecule has 1 fully saturated rings. The van der Waals surface area contributed by atoms with Gasteiger partial charge in [-0.2, -0.15) is 0 Å². The van der Waals surface area contributed by atoms with Gasteiger partial charge in [-0.25, -0.2) is 4.79 Å². The number of carbonyl (C=O) groups excluding carboxylic acids is 3. The maximum Gasteiger partial charge on any atom is 0.343 e. The zero-order valence-corrected chi connectivity index (χ0v) is 21.1. The zero-order valence-electron chi connectivity index (χ0n) is 17.9. The number of hydrogen-bond donors (Lipinski definition) is 0. The number of piperazine rings is 1. The van der Waals surface area contributed by atoms with Gasteiger partial charge in [-0.15, -0.1) is 5.01 Å². The van der Waals surface area contributed by atoms with Crippen LogP contribution in [0.4, 0.5) is 0 Å². The lowest BCUT2D eigenvalue weighted by molar-refractivity contribution is -0.711. The average Bonchev–Trinajstić information content (AvgIpc) is 3.15. The molecule has 2 aliphatic heterocycles. The van der Waals surface area contributed by atoms with Crippen molar-refractivity contribution in [1.82, 2.24) is 9.91 Å². The molecule has 2 aliphatic rings. The molecule has 0 saturated carbocycles. The topological polar surface area (TPSA) is 124 Å². The number of carbonyl (C=O) groups is 3. The fourth-order valence-corrected chi connectivity index (χ4v) is 3.63. The number of hydrogen-bond acceptors (Lipinski definition) is 8. The predicted molar refractivity (Wildman–Crippen MR) is 119 cm³/mol. The van der Waals surface area contributed by atoms with Gasteiger partial charge >= 0.3 is 11.9 Å². The lowest BCUT2D eigenvalue weighted by Crippen LogP contribution is -2.51. The molecule has 0 radical (unpaired) electrons. The van der Waals surface area contributed by atoms with Gasteiger partial charge in [0.25, 0.3) is 0 Å². The van der Waals surface area contributed by atoms with Crippen molar-refractivity contribution in [1.29, 1.82) is 0 Å². The Morgan fingerprint density at radius 2 is 1.97 bits per heavy atom.